The number of hydrogen-bond acceptors (Lipinski definition) is 3. The summed E-state index contributed by atoms with van der Waals surface area (Å²) in [7, 11) is 0. The highest BCUT2D eigenvalue weighted by molar-refractivity contribution is 9.09. The SMILES string of the molecule is CCOC1(C(=O)Nc2ccc(OCCBr)cc2)CCCCCC1. The molecule has 1 amide bonds. The number of carbonyl (C=O) groups is 1. The minimum absolute atomic E-state index is 0.0182. The van der Waals surface area contributed by atoms with E-state index in [1.54, 1.807) is 0 Å². The smallest absolute Gasteiger partial charge is 0.256 e. The lowest BCUT2D eigenvalue weighted by Gasteiger charge is -2.31. The van der Waals surface area contributed by atoms with Crippen LogP contribution in [0.15, 0.2) is 24.3 Å². The molecular weight excluding hydrogens is 358 g/mol. The van der Waals surface area contributed by atoms with Crippen molar-refractivity contribution in [2.75, 3.05) is 23.9 Å². The summed E-state index contributed by atoms with van der Waals surface area (Å²) >= 11 is 3.33. The van der Waals surface area contributed by atoms with Crippen LogP contribution in [0.1, 0.15) is 45.4 Å². The molecule has 5 heteroatoms. The van der Waals surface area contributed by atoms with E-state index in [4.69, 9.17) is 9.47 Å². The fourth-order valence-corrected chi connectivity index (χ4v) is 3.21. The van der Waals surface area contributed by atoms with Gasteiger partial charge in [-0.25, -0.2) is 0 Å². The highest BCUT2D eigenvalue weighted by atomic mass is 79.9. The zero-order valence-corrected chi connectivity index (χ0v) is 15.4. The minimum atomic E-state index is -0.670. The van der Waals surface area contributed by atoms with Crippen LogP contribution in [0.3, 0.4) is 0 Å². The van der Waals surface area contributed by atoms with Crippen LogP contribution in [0.4, 0.5) is 5.69 Å². The summed E-state index contributed by atoms with van der Waals surface area (Å²) in [6.45, 7) is 3.14. The monoisotopic (exact) mass is 383 g/mol. The summed E-state index contributed by atoms with van der Waals surface area (Å²) in [6.07, 6.45) is 6.07. The Morgan fingerprint density at radius 2 is 1.83 bits per heavy atom. The van der Waals surface area contributed by atoms with Crippen molar-refractivity contribution in [3.63, 3.8) is 0 Å². The van der Waals surface area contributed by atoms with Crippen molar-refractivity contribution in [1.82, 2.24) is 0 Å². The van der Waals surface area contributed by atoms with Crippen molar-refractivity contribution < 1.29 is 14.3 Å². The number of halogens is 1. The van der Waals surface area contributed by atoms with Crippen LogP contribution in [-0.2, 0) is 9.53 Å². The minimum Gasteiger partial charge on any atom is -0.493 e. The van der Waals surface area contributed by atoms with Gasteiger partial charge < -0.3 is 14.8 Å². The second-order valence-corrected chi connectivity index (χ2v) is 6.65. The van der Waals surface area contributed by atoms with E-state index < -0.39 is 5.60 Å². The molecule has 0 spiro atoms. The molecule has 23 heavy (non-hydrogen) atoms. The van der Waals surface area contributed by atoms with Gasteiger partial charge in [0.15, 0.2) is 0 Å². The number of amides is 1. The molecule has 0 atom stereocenters. The van der Waals surface area contributed by atoms with Gasteiger partial charge in [-0.05, 0) is 44.0 Å². The van der Waals surface area contributed by atoms with Gasteiger partial charge >= 0.3 is 0 Å². The second-order valence-electron chi connectivity index (χ2n) is 5.86. The second kappa shape index (κ2) is 9.28. The quantitative estimate of drug-likeness (QED) is 0.555. The zero-order chi connectivity index (χ0) is 16.5. The predicted octanol–water partition coefficient (Wildman–Crippen LogP) is 4.53. The van der Waals surface area contributed by atoms with Crippen LogP contribution < -0.4 is 10.1 Å². The molecule has 1 aromatic rings. The molecule has 0 heterocycles. The van der Waals surface area contributed by atoms with E-state index >= 15 is 0 Å². The fraction of sp³-hybridized carbons (Fsp3) is 0.611. The fourth-order valence-electron chi connectivity index (χ4n) is 3.05. The number of alkyl halides is 1. The maximum absolute atomic E-state index is 12.8. The number of ether oxygens (including phenoxy) is 2. The normalized spacial score (nSPS) is 17.3. The van der Waals surface area contributed by atoms with E-state index in [0.717, 1.165) is 42.5 Å². The highest BCUT2D eigenvalue weighted by Gasteiger charge is 2.39. The molecule has 128 valence electrons. The molecule has 0 saturated heterocycles. The Balaban J connectivity index is 2.02. The molecule has 1 N–H and O–H groups in total. The largest absolute Gasteiger partial charge is 0.493 e. The Morgan fingerprint density at radius 1 is 1.17 bits per heavy atom. The Labute approximate surface area is 147 Å². The van der Waals surface area contributed by atoms with Crippen molar-refractivity contribution in [1.29, 1.82) is 0 Å². The van der Waals surface area contributed by atoms with Gasteiger partial charge in [0.05, 0.1) is 6.61 Å². The van der Waals surface area contributed by atoms with Gasteiger partial charge in [0.25, 0.3) is 5.91 Å². The highest BCUT2D eigenvalue weighted by Crippen LogP contribution is 2.32. The Morgan fingerprint density at radius 3 is 2.39 bits per heavy atom. The number of anilines is 1. The Kier molecular flexibility index (Phi) is 7.37. The van der Waals surface area contributed by atoms with Crippen LogP contribution in [0.25, 0.3) is 0 Å². The van der Waals surface area contributed by atoms with Crippen LogP contribution >= 0.6 is 15.9 Å². The number of rotatable bonds is 7. The molecule has 0 aromatic heterocycles. The lowest BCUT2D eigenvalue weighted by atomic mass is 9.93. The average Bonchev–Trinajstić information content (AvgIpc) is 2.81. The summed E-state index contributed by atoms with van der Waals surface area (Å²) in [5, 5.41) is 3.81. The van der Waals surface area contributed by atoms with Crippen LogP contribution in [0.5, 0.6) is 5.75 Å². The van der Waals surface area contributed by atoms with E-state index in [1.165, 1.54) is 12.8 Å². The van der Waals surface area contributed by atoms with Crippen LogP contribution in [0.2, 0.25) is 0 Å². The standard InChI is InChI=1S/C18H26BrNO3/c1-2-23-18(11-5-3-4-6-12-18)17(21)20-15-7-9-16(10-8-15)22-14-13-19/h7-10H,2-6,11-14H2,1H3,(H,20,21). The van der Waals surface area contributed by atoms with E-state index in [1.807, 2.05) is 31.2 Å². The van der Waals surface area contributed by atoms with Gasteiger partial charge in [-0.15, -0.1) is 0 Å². The first-order valence-corrected chi connectivity index (χ1v) is 9.56. The molecule has 0 aliphatic heterocycles. The van der Waals surface area contributed by atoms with E-state index in [0.29, 0.717) is 13.2 Å². The lowest BCUT2D eigenvalue weighted by molar-refractivity contribution is -0.143. The van der Waals surface area contributed by atoms with Crippen molar-refractivity contribution in [3.8, 4) is 5.75 Å². The van der Waals surface area contributed by atoms with Crippen molar-refractivity contribution in [2.45, 2.75) is 51.0 Å². The number of hydrogen-bond donors (Lipinski definition) is 1. The predicted molar refractivity (Wildman–Crippen MR) is 96.4 cm³/mol. The molecular formula is C18H26BrNO3. The number of benzene rings is 1. The summed E-state index contributed by atoms with van der Waals surface area (Å²) in [6, 6.07) is 7.49. The van der Waals surface area contributed by atoms with Crippen LogP contribution in [-0.4, -0.2) is 30.1 Å². The van der Waals surface area contributed by atoms with Crippen molar-refractivity contribution in [3.05, 3.63) is 24.3 Å². The van der Waals surface area contributed by atoms with E-state index in [2.05, 4.69) is 21.2 Å². The summed E-state index contributed by atoms with van der Waals surface area (Å²) in [4.78, 5) is 12.8. The topological polar surface area (TPSA) is 47.6 Å². The first-order valence-electron chi connectivity index (χ1n) is 8.44. The van der Waals surface area contributed by atoms with Gasteiger partial charge in [-0.1, -0.05) is 41.6 Å². The third-order valence-corrected chi connectivity index (χ3v) is 4.53. The molecule has 4 nitrogen and oxygen atoms in total. The van der Waals surface area contributed by atoms with Gasteiger partial charge in [0.1, 0.15) is 11.4 Å². The van der Waals surface area contributed by atoms with Crippen molar-refractivity contribution in [2.24, 2.45) is 0 Å². The van der Waals surface area contributed by atoms with Crippen molar-refractivity contribution >= 4 is 27.5 Å². The summed E-state index contributed by atoms with van der Waals surface area (Å²) < 4.78 is 11.4. The maximum Gasteiger partial charge on any atom is 0.256 e. The van der Waals surface area contributed by atoms with E-state index in [9.17, 15) is 4.79 Å². The summed E-state index contributed by atoms with van der Waals surface area (Å²) in [5.74, 6) is 0.784. The van der Waals surface area contributed by atoms with Gasteiger partial charge in [0.2, 0.25) is 0 Å². The molecule has 1 fully saturated rings. The third-order valence-electron chi connectivity index (χ3n) is 4.20. The molecule has 2 rings (SSSR count). The molecule has 1 saturated carbocycles. The molecule has 0 unspecified atom stereocenters. The van der Waals surface area contributed by atoms with E-state index in [-0.39, 0.29) is 5.91 Å². The lowest BCUT2D eigenvalue weighted by Crippen LogP contribution is -2.45. The summed E-state index contributed by atoms with van der Waals surface area (Å²) in [5.41, 5.74) is 0.112. The third kappa shape index (κ3) is 5.21. The first-order chi connectivity index (χ1) is 11.2. The van der Waals surface area contributed by atoms with Gasteiger partial charge in [0, 0.05) is 17.6 Å². The van der Waals surface area contributed by atoms with Gasteiger partial charge in [-0.3, -0.25) is 4.79 Å². The Hall–Kier alpha value is -1.07. The first kappa shape index (κ1) is 18.3. The number of nitrogens with one attached hydrogen (secondary N) is 1. The maximum atomic E-state index is 12.8. The molecule has 1 aliphatic rings. The Bertz CT molecular complexity index is 482. The van der Waals surface area contributed by atoms with Gasteiger partial charge in [-0.2, -0.15) is 0 Å². The molecule has 1 aromatic carbocycles. The van der Waals surface area contributed by atoms with Crippen LogP contribution in [0, 0.1) is 0 Å². The molecule has 0 radical (unpaired) electrons. The zero-order valence-electron chi connectivity index (χ0n) is 13.8. The molecule has 1 aliphatic carbocycles. The number of carbonyl (C=O) groups excluding carboxylic acids is 1. The molecule has 0 bridgehead atoms. The average molecular weight is 384 g/mol.